The minimum Gasteiger partial charge on any atom is -0.462 e. The second kappa shape index (κ2) is 65.8. The summed E-state index contributed by atoms with van der Waals surface area (Å²) >= 11 is 0. The van der Waals surface area contributed by atoms with E-state index < -0.39 is 6.10 Å². The molecule has 6 nitrogen and oxygen atoms in total. The van der Waals surface area contributed by atoms with E-state index in [2.05, 4.69) is 167 Å². The predicted molar refractivity (Wildman–Crippen MR) is 343 cm³/mol. The smallest absolute Gasteiger partial charge is 0.306 e. The fraction of sp³-hybridized carbons (Fsp3) is 0.630. The summed E-state index contributed by atoms with van der Waals surface area (Å²) < 4.78 is 16.9. The van der Waals surface area contributed by atoms with Gasteiger partial charge in [0.15, 0.2) is 6.10 Å². The van der Waals surface area contributed by atoms with Gasteiger partial charge in [0.25, 0.3) is 0 Å². The van der Waals surface area contributed by atoms with Crippen molar-refractivity contribution in [2.45, 2.75) is 284 Å². The monoisotopic (exact) mass is 1090 g/mol. The van der Waals surface area contributed by atoms with Gasteiger partial charge >= 0.3 is 17.9 Å². The molecule has 0 saturated carbocycles. The van der Waals surface area contributed by atoms with E-state index in [-0.39, 0.29) is 31.1 Å². The molecule has 0 aromatic rings. The van der Waals surface area contributed by atoms with E-state index in [1.807, 2.05) is 0 Å². The van der Waals surface area contributed by atoms with Gasteiger partial charge in [-0.25, -0.2) is 0 Å². The molecular weight excluding hydrogens is 973 g/mol. The normalized spacial score (nSPS) is 13.1. The fourth-order valence-electron chi connectivity index (χ4n) is 8.46. The van der Waals surface area contributed by atoms with E-state index in [9.17, 15) is 14.4 Å². The van der Waals surface area contributed by atoms with Crippen LogP contribution in [0.1, 0.15) is 278 Å². The van der Waals surface area contributed by atoms with Gasteiger partial charge in [-0.3, -0.25) is 14.4 Å². The molecule has 0 rings (SSSR count). The van der Waals surface area contributed by atoms with Crippen LogP contribution in [0, 0.1) is 0 Å². The lowest BCUT2D eigenvalue weighted by Crippen LogP contribution is -2.30. The van der Waals surface area contributed by atoms with E-state index >= 15 is 0 Å². The molecule has 6 heteroatoms. The van der Waals surface area contributed by atoms with E-state index in [0.29, 0.717) is 25.7 Å². The van der Waals surface area contributed by atoms with Crippen molar-refractivity contribution in [3.63, 3.8) is 0 Å². The van der Waals surface area contributed by atoms with Gasteiger partial charge in [0.2, 0.25) is 0 Å². The fourth-order valence-corrected chi connectivity index (χ4v) is 8.46. The molecule has 0 aromatic heterocycles. The van der Waals surface area contributed by atoms with Crippen molar-refractivity contribution in [2.24, 2.45) is 0 Å². The highest BCUT2D eigenvalue weighted by atomic mass is 16.6. The number of hydrogen-bond donors (Lipinski definition) is 0. The van der Waals surface area contributed by atoms with E-state index in [0.717, 1.165) is 135 Å². The Labute approximate surface area is 487 Å². The van der Waals surface area contributed by atoms with Crippen molar-refractivity contribution in [2.75, 3.05) is 13.2 Å². The van der Waals surface area contributed by atoms with Crippen LogP contribution < -0.4 is 0 Å². The summed E-state index contributed by atoms with van der Waals surface area (Å²) in [6.45, 7) is 6.43. The van der Waals surface area contributed by atoms with Gasteiger partial charge in [-0.1, -0.05) is 256 Å². The zero-order valence-corrected chi connectivity index (χ0v) is 51.1. The summed E-state index contributed by atoms with van der Waals surface area (Å²) in [7, 11) is 0. The summed E-state index contributed by atoms with van der Waals surface area (Å²) in [5, 5.41) is 0. The van der Waals surface area contributed by atoms with Gasteiger partial charge < -0.3 is 14.2 Å². The van der Waals surface area contributed by atoms with Crippen molar-refractivity contribution in [1.82, 2.24) is 0 Å². The Morgan fingerprint density at radius 3 is 0.797 bits per heavy atom. The number of unbranched alkanes of at least 4 members (excludes halogenated alkanes) is 22. The first-order chi connectivity index (χ1) is 39.0. The molecule has 0 aliphatic carbocycles. The SMILES string of the molecule is CC/C=C\C/C=C\C/C=C\C/C=C\C/C=C\C/C=C\C/C=C\C/C=C\CCCCC(=O)OCC(COC(=O)CCCCCCC/C=C\C/C=C\CCCCC)OC(=O)CCCCCCCCCCC/C=C\C/C=C\CCCCC. The largest absolute Gasteiger partial charge is 0.462 e. The number of allylic oxidation sites excluding steroid dienone is 24. The molecule has 0 bridgehead atoms. The summed E-state index contributed by atoms with van der Waals surface area (Å²) in [5.74, 6) is -0.967. The van der Waals surface area contributed by atoms with E-state index in [1.54, 1.807) is 0 Å². The molecule has 1 atom stereocenters. The Kier molecular flexibility index (Phi) is 61.9. The van der Waals surface area contributed by atoms with Crippen LogP contribution in [-0.4, -0.2) is 37.2 Å². The lowest BCUT2D eigenvalue weighted by molar-refractivity contribution is -0.167. The Bertz CT molecular complexity index is 1730. The number of rotatable bonds is 57. The van der Waals surface area contributed by atoms with Gasteiger partial charge in [0.1, 0.15) is 13.2 Å². The van der Waals surface area contributed by atoms with Crippen LogP contribution in [0.3, 0.4) is 0 Å². The van der Waals surface area contributed by atoms with Gasteiger partial charge in [0, 0.05) is 19.3 Å². The average Bonchev–Trinajstić information content (AvgIpc) is 3.45. The van der Waals surface area contributed by atoms with Crippen molar-refractivity contribution >= 4 is 17.9 Å². The van der Waals surface area contributed by atoms with Gasteiger partial charge in [-0.15, -0.1) is 0 Å². The number of ether oxygens (including phenoxy) is 3. The number of carbonyl (C=O) groups excluding carboxylic acids is 3. The van der Waals surface area contributed by atoms with Crippen LogP contribution >= 0.6 is 0 Å². The maximum atomic E-state index is 12.9. The van der Waals surface area contributed by atoms with Crippen LogP contribution in [0.5, 0.6) is 0 Å². The van der Waals surface area contributed by atoms with E-state index in [4.69, 9.17) is 14.2 Å². The predicted octanol–water partition coefficient (Wildman–Crippen LogP) is 22.3. The molecular formula is C73H118O6. The molecule has 0 aliphatic rings. The zero-order chi connectivity index (χ0) is 57.1. The summed E-state index contributed by atoms with van der Waals surface area (Å²) in [6.07, 6.45) is 94.2. The van der Waals surface area contributed by atoms with Crippen LogP contribution in [0.15, 0.2) is 146 Å². The van der Waals surface area contributed by atoms with E-state index in [1.165, 1.54) is 96.3 Å². The highest BCUT2D eigenvalue weighted by Crippen LogP contribution is 2.14. The molecule has 1 unspecified atom stereocenters. The third-order valence-corrected chi connectivity index (χ3v) is 13.3. The average molecular weight is 1090 g/mol. The topological polar surface area (TPSA) is 78.9 Å². The highest BCUT2D eigenvalue weighted by Gasteiger charge is 2.19. The van der Waals surface area contributed by atoms with Crippen molar-refractivity contribution in [1.29, 1.82) is 0 Å². The van der Waals surface area contributed by atoms with Gasteiger partial charge in [0.05, 0.1) is 0 Å². The first kappa shape index (κ1) is 74.3. The quantitative estimate of drug-likeness (QED) is 0.0261. The van der Waals surface area contributed by atoms with Crippen LogP contribution in [0.4, 0.5) is 0 Å². The zero-order valence-electron chi connectivity index (χ0n) is 51.1. The molecule has 0 aromatic carbocycles. The number of esters is 3. The molecule has 79 heavy (non-hydrogen) atoms. The molecule has 0 spiro atoms. The maximum absolute atomic E-state index is 12.9. The maximum Gasteiger partial charge on any atom is 0.306 e. The minimum absolute atomic E-state index is 0.106. The minimum atomic E-state index is -0.812. The molecule has 0 amide bonds. The van der Waals surface area contributed by atoms with Crippen LogP contribution in [0.25, 0.3) is 0 Å². The Hall–Kier alpha value is -4.71. The second-order valence-corrected chi connectivity index (χ2v) is 20.9. The van der Waals surface area contributed by atoms with Crippen LogP contribution in [0.2, 0.25) is 0 Å². The number of carbonyl (C=O) groups is 3. The molecule has 446 valence electrons. The lowest BCUT2D eigenvalue weighted by Gasteiger charge is -2.18. The molecule has 0 radical (unpaired) electrons. The molecule has 0 fully saturated rings. The Morgan fingerprint density at radius 1 is 0.266 bits per heavy atom. The first-order valence-electron chi connectivity index (χ1n) is 32.3. The summed E-state index contributed by atoms with van der Waals surface area (Å²) in [5.41, 5.74) is 0. The lowest BCUT2D eigenvalue weighted by atomic mass is 10.1. The second-order valence-electron chi connectivity index (χ2n) is 20.9. The first-order valence-corrected chi connectivity index (χ1v) is 32.3. The summed E-state index contributed by atoms with van der Waals surface area (Å²) in [6, 6.07) is 0. The molecule has 0 heterocycles. The number of hydrogen-bond acceptors (Lipinski definition) is 6. The van der Waals surface area contributed by atoms with Crippen molar-refractivity contribution in [3.05, 3.63) is 146 Å². The van der Waals surface area contributed by atoms with Crippen LogP contribution in [-0.2, 0) is 28.6 Å². The van der Waals surface area contributed by atoms with Gasteiger partial charge in [-0.2, -0.15) is 0 Å². The highest BCUT2D eigenvalue weighted by molar-refractivity contribution is 5.71. The third-order valence-electron chi connectivity index (χ3n) is 13.3. The molecule has 0 saturated heterocycles. The van der Waals surface area contributed by atoms with Gasteiger partial charge in [-0.05, 0) is 148 Å². The van der Waals surface area contributed by atoms with Crippen molar-refractivity contribution in [3.8, 4) is 0 Å². The third kappa shape index (κ3) is 64.0. The Balaban J connectivity index is 4.48. The standard InChI is InChI=1S/C73H118O6/c1-4-7-10-13-16-19-22-25-28-30-32-33-34-35-36-37-38-39-41-42-45-48-51-54-57-60-63-66-72(75)78-69-70(68-77-71(74)65-62-59-56-53-50-47-44-27-24-21-18-15-12-9-6-3)79-73(76)67-64-61-58-55-52-49-46-43-40-31-29-26-23-20-17-14-11-8-5-2/h7,10,16-21,25-29,32-33,35-36,38-39,42,44-45,51,54,70H,4-6,8-9,11-15,22-24,30-31,34,37,40-41,43,46-50,52-53,55-69H2,1-3H3/b10-7-,19-16-,20-17-,21-18-,28-25-,29-26-,33-32-,36-35-,39-38-,44-27-,45-42-,54-51-. The Morgan fingerprint density at radius 2 is 0.494 bits per heavy atom. The molecule has 0 aliphatic heterocycles. The van der Waals surface area contributed by atoms with Crippen molar-refractivity contribution < 1.29 is 28.6 Å². The summed E-state index contributed by atoms with van der Waals surface area (Å²) in [4.78, 5) is 38.3. The molecule has 0 N–H and O–H groups in total.